The Labute approximate surface area is 131 Å². The van der Waals surface area contributed by atoms with Crippen molar-refractivity contribution in [2.75, 3.05) is 26.2 Å². The molecule has 0 spiro atoms. The number of carbonyl (C=O) groups is 1. The Hall–Kier alpha value is -1.10. The number of aliphatic hydroxyl groups excluding tert-OH is 1. The summed E-state index contributed by atoms with van der Waals surface area (Å²) in [5, 5.41) is 13.0. The van der Waals surface area contributed by atoms with Crippen LogP contribution in [0.15, 0.2) is 18.2 Å². The minimum atomic E-state index is -0.231. The molecular weight excluding hydrogens is 288 g/mol. The largest absolute Gasteiger partial charge is 0.394 e. The van der Waals surface area contributed by atoms with Gasteiger partial charge in [-0.1, -0.05) is 18.0 Å². The number of rotatable bonds is 5. The first-order chi connectivity index (χ1) is 10.1. The normalized spacial score (nSPS) is 17.5. The van der Waals surface area contributed by atoms with E-state index < -0.39 is 0 Å². The third-order valence-electron chi connectivity index (χ3n) is 3.92. The average Bonchev–Trinajstić information content (AvgIpc) is 2.47. The number of aryl methyl sites for hydroxylation is 1. The first-order valence-corrected chi connectivity index (χ1v) is 7.88. The average molecular weight is 311 g/mol. The Bertz CT molecular complexity index is 487. The van der Waals surface area contributed by atoms with Crippen molar-refractivity contribution >= 4 is 17.5 Å². The number of aliphatic hydroxyl groups is 1. The number of carbonyl (C=O) groups excluding carboxylic acids is 1. The molecule has 1 aliphatic heterocycles. The van der Waals surface area contributed by atoms with E-state index in [1.54, 1.807) is 18.2 Å². The smallest absolute Gasteiger partial charge is 0.251 e. The standard InChI is InChI=1S/C16H23ClN2O2/c1-12-9-13(17)5-6-15(12)16(21)18-14(11-20)10-19-7-3-2-4-8-19/h5-6,9,14,20H,2-4,7-8,10-11H2,1H3,(H,18,21). The maximum atomic E-state index is 12.3. The van der Waals surface area contributed by atoms with Crippen molar-refractivity contribution < 1.29 is 9.90 Å². The van der Waals surface area contributed by atoms with Gasteiger partial charge >= 0.3 is 0 Å². The molecule has 21 heavy (non-hydrogen) atoms. The minimum Gasteiger partial charge on any atom is -0.394 e. The lowest BCUT2D eigenvalue weighted by atomic mass is 10.1. The lowest BCUT2D eigenvalue weighted by Gasteiger charge is -2.30. The van der Waals surface area contributed by atoms with E-state index in [-0.39, 0.29) is 18.6 Å². The van der Waals surface area contributed by atoms with E-state index in [1.807, 2.05) is 6.92 Å². The molecule has 0 radical (unpaired) electrons. The number of piperidine rings is 1. The molecule has 1 saturated heterocycles. The highest BCUT2D eigenvalue weighted by Gasteiger charge is 2.19. The van der Waals surface area contributed by atoms with Gasteiger partial charge in [0, 0.05) is 17.1 Å². The summed E-state index contributed by atoms with van der Waals surface area (Å²) in [5.41, 5.74) is 1.45. The summed E-state index contributed by atoms with van der Waals surface area (Å²) in [6, 6.07) is 4.98. The van der Waals surface area contributed by atoms with Gasteiger partial charge in [-0.25, -0.2) is 0 Å². The van der Waals surface area contributed by atoms with Gasteiger partial charge in [-0.05, 0) is 56.6 Å². The molecule has 0 saturated carbocycles. The fourth-order valence-electron chi connectivity index (χ4n) is 2.75. The summed E-state index contributed by atoms with van der Waals surface area (Å²) >= 11 is 5.91. The molecule has 1 aromatic carbocycles. The van der Waals surface area contributed by atoms with Crippen LogP contribution in [0, 0.1) is 6.92 Å². The van der Waals surface area contributed by atoms with E-state index >= 15 is 0 Å². The van der Waals surface area contributed by atoms with Gasteiger partial charge in [-0.2, -0.15) is 0 Å². The van der Waals surface area contributed by atoms with Gasteiger partial charge in [0.2, 0.25) is 0 Å². The predicted molar refractivity (Wildman–Crippen MR) is 84.8 cm³/mol. The lowest BCUT2D eigenvalue weighted by molar-refractivity contribution is 0.0886. The van der Waals surface area contributed by atoms with Crippen LogP contribution in [0.25, 0.3) is 0 Å². The van der Waals surface area contributed by atoms with Crippen LogP contribution in [0.3, 0.4) is 0 Å². The Morgan fingerprint density at radius 1 is 1.38 bits per heavy atom. The molecule has 2 rings (SSSR count). The van der Waals surface area contributed by atoms with Gasteiger partial charge in [0.15, 0.2) is 0 Å². The third kappa shape index (κ3) is 4.70. The number of hydrogen-bond donors (Lipinski definition) is 2. The maximum absolute atomic E-state index is 12.3. The zero-order valence-electron chi connectivity index (χ0n) is 12.4. The molecular formula is C16H23ClN2O2. The van der Waals surface area contributed by atoms with Gasteiger partial charge < -0.3 is 15.3 Å². The second kappa shape index (κ2) is 7.78. The van der Waals surface area contributed by atoms with E-state index in [2.05, 4.69) is 10.2 Å². The topological polar surface area (TPSA) is 52.6 Å². The van der Waals surface area contributed by atoms with Crippen LogP contribution in [0.4, 0.5) is 0 Å². The molecule has 1 aromatic rings. The van der Waals surface area contributed by atoms with Gasteiger partial charge in [0.05, 0.1) is 12.6 Å². The van der Waals surface area contributed by atoms with E-state index in [1.165, 1.54) is 19.3 Å². The van der Waals surface area contributed by atoms with Gasteiger partial charge in [-0.15, -0.1) is 0 Å². The molecule has 2 N–H and O–H groups in total. The number of nitrogens with zero attached hydrogens (tertiary/aromatic N) is 1. The van der Waals surface area contributed by atoms with Crippen molar-refractivity contribution in [3.8, 4) is 0 Å². The Balaban J connectivity index is 1.95. The first kappa shape index (κ1) is 16.3. The molecule has 116 valence electrons. The Morgan fingerprint density at radius 2 is 2.10 bits per heavy atom. The van der Waals surface area contributed by atoms with E-state index in [4.69, 9.17) is 11.6 Å². The highest BCUT2D eigenvalue weighted by atomic mass is 35.5. The molecule has 1 unspecified atom stereocenters. The highest BCUT2D eigenvalue weighted by Crippen LogP contribution is 2.15. The molecule has 1 amide bonds. The fourth-order valence-corrected chi connectivity index (χ4v) is 2.97. The van der Waals surface area contributed by atoms with E-state index in [0.717, 1.165) is 18.7 Å². The van der Waals surface area contributed by atoms with E-state index in [9.17, 15) is 9.90 Å². The number of nitrogens with one attached hydrogen (secondary N) is 1. The van der Waals surface area contributed by atoms with Gasteiger partial charge in [0.25, 0.3) is 5.91 Å². The number of halogens is 1. The van der Waals surface area contributed by atoms with Crippen LogP contribution >= 0.6 is 11.6 Å². The van der Waals surface area contributed by atoms with Gasteiger partial charge in [-0.3, -0.25) is 4.79 Å². The molecule has 5 heteroatoms. The zero-order valence-corrected chi connectivity index (χ0v) is 13.2. The SMILES string of the molecule is Cc1cc(Cl)ccc1C(=O)NC(CO)CN1CCCCC1. The maximum Gasteiger partial charge on any atom is 0.251 e. The van der Waals surface area contributed by atoms with Crippen LogP contribution in [0.5, 0.6) is 0 Å². The molecule has 0 bridgehead atoms. The number of hydrogen-bond acceptors (Lipinski definition) is 3. The summed E-state index contributed by atoms with van der Waals surface area (Å²) in [5.74, 6) is -0.153. The number of likely N-dealkylation sites (tertiary alicyclic amines) is 1. The first-order valence-electron chi connectivity index (χ1n) is 7.50. The van der Waals surface area contributed by atoms with Crippen molar-refractivity contribution in [1.82, 2.24) is 10.2 Å². The van der Waals surface area contributed by atoms with Crippen molar-refractivity contribution in [1.29, 1.82) is 0 Å². The summed E-state index contributed by atoms with van der Waals surface area (Å²) in [6.45, 7) is 4.61. The molecule has 0 aliphatic carbocycles. The van der Waals surface area contributed by atoms with Crippen molar-refractivity contribution in [3.63, 3.8) is 0 Å². The zero-order chi connectivity index (χ0) is 15.2. The van der Waals surface area contributed by atoms with E-state index in [0.29, 0.717) is 17.1 Å². The lowest BCUT2D eigenvalue weighted by Crippen LogP contribution is -2.47. The quantitative estimate of drug-likeness (QED) is 0.877. The van der Waals surface area contributed by atoms with Crippen LogP contribution in [-0.4, -0.2) is 48.2 Å². The number of amides is 1. The monoisotopic (exact) mass is 310 g/mol. The molecule has 1 fully saturated rings. The Kier molecular flexibility index (Phi) is 6.03. The van der Waals surface area contributed by atoms with Crippen molar-refractivity contribution in [2.45, 2.75) is 32.2 Å². The third-order valence-corrected chi connectivity index (χ3v) is 4.15. The second-order valence-electron chi connectivity index (χ2n) is 5.67. The van der Waals surface area contributed by atoms with Crippen LogP contribution in [-0.2, 0) is 0 Å². The minimum absolute atomic E-state index is 0.0467. The molecule has 1 atom stereocenters. The second-order valence-corrected chi connectivity index (χ2v) is 6.11. The number of benzene rings is 1. The summed E-state index contributed by atoms with van der Waals surface area (Å²) < 4.78 is 0. The van der Waals surface area contributed by atoms with Crippen LogP contribution in [0.1, 0.15) is 35.2 Å². The van der Waals surface area contributed by atoms with Crippen LogP contribution < -0.4 is 5.32 Å². The van der Waals surface area contributed by atoms with Gasteiger partial charge in [0.1, 0.15) is 0 Å². The summed E-state index contributed by atoms with van der Waals surface area (Å²) in [4.78, 5) is 14.6. The molecule has 1 aliphatic rings. The predicted octanol–water partition coefficient (Wildman–Crippen LogP) is 2.23. The summed E-state index contributed by atoms with van der Waals surface area (Å²) in [7, 11) is 0. The fraction of sp³-hybridized carbons (Fsp3) is 0.562. The summed E-state index contributed by atoms with van der Waals surface area (Å²) in [6.07, 6.45) is 3.67. The molecule has 0 aromatic heterocycles. The molecule has 4 nitrogen and oxygen atoms in total. The molecule has 1 heterocycles. The Morgan fingerprint density at radius 3 is 2.71 bits per heavy atom. The van der Waals surface area contributed by atoms with Crippen LogP contribution in [0.2, 0.25) is 5.02 Å². The van der Waals surface area contributed by atoms with Crippen molar-refractivity contribution in [3.05, 3.63) is 34.3 Å². The highest BCUT2D eigenvalue weighted by molar-refractivity contribution is 6.30. The van der Waals surface area contributed by atoms with Crippen molar-refractivity contribution in [2.24, 2.45) is 0 Å².